The number of nitrogens with one attached hydrogen (secondary N) is 1. The molecule has 1 aliphatic carbocycles. The van der Waals surface area contributed by atoms with Crippen LogP contribution in [0.15, 0.2) is 36.1 Å². The molecule has 0 bridgehead atoms. The molecule has 0 aliphatic heterocycles. The summed E-state index contributed by atoms with van der Waals surface area (Å²) in [6, 6.07) is 0.0575. The fourth-order valence-corrected chi connectivity index (χ4v) is 0.789. The molecule has 0 fully saturated rings. The van der Waals surface area contributed by atoms with Crippen molar-refractivity contribution in [1.29, 1.82) is 0 Å². The maximum Gasteiger partial charge on any atom is 0.0417 e. The van der Waals surface area contributed by atoms with Crippen molar-refractivity contribution in [1.82, 2.24) is 5.32 Å². The van der Waals surface area contributed by atoms with E-state index in [-0.39, 0.29) is 6.04 Å². The lowest BCUT2D eigenvalue weighted by atomic mass is 10.3. The van der Waals surface area contributed by atoms with Gasteiger partial charge in [0.1, 0.15) is 0 Å². The first-order valence-corrected chi connectivity index (χ1v) is 3.33. The Bertz CT molecular complexity index is 189. The Labute approximate surface area is 61.1 Å². The van der Waals surface area contributed by atoms with Crippen molar-refractivity contribution in [3.05, 3.63) is 36.1 Å². The van der Waals surface area contributed by atoms with Crippen molar-refractivity contribution in [3.8, 4) is 0 Å². The molecule has 0 aromatic carbocycles. The van der Waals surface area contributed by atoms with E-state index >= 15 is 0 Å². The molecule has 1 rings (SSSR count). The summed E-state index contributed by atoms with van der Waals surface area (Å²) in [5.74, 6) is 0. The highest BCUT2D eigenvalue weighted by Crippen LogP contribution is 1.99. The molecular formula is C8H12N2. The van der Waals surface area contributed by atoms with Crippen molar-refractivity contribution >= 4 is 0 Å². The van der Waals surface area contributed by atoms with Gasteiger partial charge >= 0.3 is 0 Å². The maximum absolute atomic E-state index is 5.62. The normalized spacial score (nSPS) is 23.8. The fourth-order valence-electron chi connectivity index (χ4n) is 0.789. The van der Waals surface area contributed by atoms with Crippen LogP contribution in [0.5, 0.6) is 0 Å². The van der Waals surface area contributed by atoms with Gasteiger partial charge in [-0.05, 0) is 12.2 Å². The largest absolute Gasteiger partial charge is 0.388 e. The lowest BCUT2D eigenvalue weighted by Gasteiger charge is -1.96. The summed E-state index contributed by atoms with van der Waals surface area (Å²) in [6.45, 7) is 0. The van der Waals surface area contributed by atoms with Crippen molar-refractivity contribution in [2.45, 2.75) is 6.04 Å². The highest BCUT2D eigenvalue weighted by molar-refractivity contribution is 5.28. The first-order valence-electron chi connectivity index (χ1n) is 3.33. The number of hydrogen-bond acceptors (Lipinski definition) is 2. The lowest BCUT2D eigenvalue weighted by Crippen LogP contribution is -2.12. The fraction of sp³-hybridized carbons (Fsp3) is 0.250. The lowest BCUT2D eigenvalue weighted by molar-refractivity contribution is 1.01. The zero-order chi connectivity index (χ0) is 7.40. The predicted octanol–water partition coefficient (Wildman–Crippen LogP) is 0.543. The van der Waals surface area contributed by atoms with Gasteiger partial charge in [0, 0.05) is 18.8 Å². The summed E-state index contributed by atoms with van der Waals surface area (Å²) < 4.78 is 0. The zero-order valence-electron chi connectivity index (χ0n) is 6.04. The molecule has 0 saturated carbocycles. The Morgan fingerprint density at radius 1 is 1.50 bits per heavy atom. The molecule has 0 aromatic rings. The maximum atomic E-state index is 5.62. The molecule has 0 radical (unpaired) electrons. The van der Waals surface area contributed by atoms with Gasteiger partial charge in [-0.25, -0.2) is 0 Å². The van der Waals surface area contributed by atoms with E-state index < -0.39 is 0 Å². The molecule has 3 N–H and O–H groups in total. The third-order valence-electron chi connectivity index (χ3n) is 1.40. The molecule has 1 aliphatic rings. The molecule has 0 aromatic heterocycles. The van der Waals surface area contributed by atoms with E-state index in [1.54, 1.807) is 0 Å². The SMILES string of the molecule is CNC1=CC=CC(N)C=C1. The minimum atomic E-state index is 0.0575. The minimum absolute atomic E-state index is 0.0575. The van der Waals surface area contributed by atoms with Gasteiger partial charge in [0.25, 0.3) is 0 Å². The highest BCUT2D eigenvalue weighted by atomic mass is 14.8. The summed E-state index contributed by atoms with van der Waals surface area (Å²) in [7, 11) is 1.89. The van der Waals surface area contributed by atoms with Crippen LogP contribution in [0.3, 0.4) is 0 Å². The first kappa shape index (κ1) is 7.09. The Balaban J connectivity index is 2.71. The van der Waals surface area contributed by atoms with Gasteiger partial charge in [0.15, 0.2) is 0 Å². The van der Waals surface area contributed by atoms with Gasteiger partial charge in [-0.1, -0.05) is 18.2 Å². The quantitative estimate of drug-likeness (QED) is 0.552. The summed E-state index contributed by atoms with van der Waals surface area (Å²) in [5.41, 5.74) is 6.70. The van der Waals surface area contributed by atoms with E-state index in [9.17, 15) is 0 Å². The monoisotopic (exact) mass is 136 g/mol. The van der Waals surface area contributed by atoms with Crippen molar-refractivity contribution in [2.75, 3.05) is 7.05 Å². The van der Waals surface area contributed by atoms with Crippen molar-refractivity contribution < 1.29 is 0 Å². The van der Waals surface area contributed by atoms with Crippen LogP contribution in [0.4, 0.5) is 0 Å². The third-order valence-corrected chi connectivity index (χ3v) is 1.40. The Kier molecular flexibility index (Phi) is 2.29. The number of hydrogen-bond donors (Lipinski definition) is 2. The summed E-state index contributed by atoms with van der Waals surface area (Å²) in [6.07, 6.45) is 9.82. The predicted molar refractivity (Wildman–Crippen MR) is 43.4 cm³/mol. The molecule has 10 heavy (non-hydrogen) atoms. The van der Waals surface area contributed by atoms with Crippen LogP contribution in [-0.2, 0) is 0 Å². The minimum Gasteiger partial charge on any atom is -0.388 e. The van der Waals surface area contributed by atoms with E-state index in [0.717, 1.165) is 5.70 Å². The third kappa shape index (κ3) is 1.74. The molecule has 2 heteroatoms. The molecule has 54 valence electrons. The van der Waals surface area contributed by atoms with Crippen LogP contribution < -0.4 is 11.1 Å². The van der Waals surface area contributed by atoms with E-state index in [1.807, 2.05) is 37.4 Å². The Morgan fingerprint density at radius 2 is 2.30 bits per heavy atom. The number of nitrogens with two attached hydrogens (primary N) is 1. The van der Waals surface area contributed by atoms with Crippen molar-refractivity contribution in [2.24, 2.45) is 5.73 Å². The van der Waals surface area contributed by atoms with Crippen molar-refractivity contribution in [3.63, 3.8) is 0 Å². The van der Waals surface area contributed by atoms with Gasteiger partial charge in [-0.15, -0.1) is 0 Å². The number of likely N-dealkylation sites (N-methyl/N-ethyl adjacent to an activating group) is 1. The smallest absolute Gasteiger partial charge is 0.0417 e. The summed E-state index contributed by atoms with van der Waals surface area (Å²) in [4.78, 5) is 0. The van der Waals surface area contributed by atoms with E-state index in [2.05, 4.69) is 5.32 Å². The molecule has 2 nitrogen and oxygen atoms in total. The van der Waals surface area contributed by atoms with E-state index in [4.69, 9.17) is 5.73 Å². The average Bonchev–Trinajstić information content (AvgIpc) is 2.14. The van der Waals surface area contributed by atoms with Crippen LogP contribution in [-0.4, -0.2) is 13.1 Å². The first-order chi connectivity index (χ1) is 4.83. The molecule has 0 amide bonds. The topological polar surface area (TPSA) is 38.0 Å². The van der Waals surface area contributed by atoms with Crippen LogP contribution in [0.25, 0.3) is 0 Å². The molecule has 1 atom stereocenters. The molecule has 1 unspecified atom stereocenters. The van der Waals surface area contributed by atoms with Gasteiger partial charge in [-0.3, -0.25) is 0 Å². The second-order valence-electron chi connectivity index (χ2n) is 2.19. The number of allylic oxidation sites excluding steroid dienone is 3. The van der Waals surface area contributed by atoms with E-state index in [0.29, 0.717) is 0 Å². The highest BCUT2D eigenvalue weighted by Gasteiger charge is 1.93. The Morgan fingerprint density at radius 3 is 3.00 bits per heavy atom. The summed E-state index contributed by atoms with van der Waals surface area (Å²) in [5, 5.41) is 3.03. The Hall–Kier alpha value is -1.02. The second kappa shape index (κ2) is 3.22. The van der Waals surface area contributed by atoms with Gasteiger partial charge in [0.05, 0.1) is 0 Å². The van der Waals surface area contributed by atoms with Gasteiger partial charge in [0.2, 0.25) is 0 Å². The van der Waals surface area contributed by atoms with E-state index in [1.165, 1.54) is 0 Å². The average molecular weight is 136 g/mol. The van der Waals surface area contributed by atoms with Crippen LogP contribution in [0.1, 0.15) is 0 Å². The standard InChI is InChI=1S/C8H12N2/c1-10-8-4-2-3-7(9)5-6-8/h2-7,10H,9H2,1H3. The van der Waals surface area contributed by atoms with Crippen LogP contribution >= 0.6 is 0 Å². The van der Waals surface area contributed by atoms with Crippen LogP contribution in [0, 0.1) is 0 Å². The molecule has 0 saturated heterocycles. The zero-order valence-corrected chi connectivity index (χ0v) is 6.04. The van der Waals surface area contributed by atoms with Gasteiger partial charge < -0.3 is 11.1 Å². The van der Waals surface area contributed by atoms with Crippen LogP contribution in [0.2, 0.25) is 0 Å². The summed E-state index contributed by atoms with van der Waals surface area (Å²) >= 11 is 0. The molecule has 0 spiro atoms. The number of rotatable bonds is 1. The van der Waals surface area contributed by atoms with Gasteiger partial charge in [-0.2, -0.15) is 0 Å². The molecular weight excluding hydrogens is 124 g/mol. The second-order valence-corrected chi connectivity index (χ2v) is 2.19. The molecule has 0 heterocycles.